The fraction of sp³-hybridized carbons (Fsp3) is 0.269. The first-order chi connectivity index (χ1) is 15.9. The molecule has 174 valence electrons. The molecule has 7 heteroatoms. The summed E-state index contributed by atoms with van der Waals surface area (Å²) >= 11 is 6.50. The second-order valence-electron chi connectivity index (χ2n) is 7.78. The van der Waals surface area contributed by atoms with E-state index in [0.29, 0.717) is 35.2 Å². The Balaban J connectivity index is 1.67. The monoisotopic (exact) mass is 470 g/mol. The van der Waals surface area contributed by atoms with E-state index in [2.05, 4.69) is 10.6 Å². The maximum atomic E-state index is 13.9. The number of anilines is 2. The average molecular weight is 471 g/mol. The molecule has 0 aliphatic rings. The summed E-state index contributed by atoms with van der Waals surface area (Å²) in [7, 11) is 0. The van der Waals surface area contributed by atoms with Gasteiger partial charge >= 0.3 is 0 Å². The Labute approximate surface area is 198 Å². The molecule has 33 heavy (non-hydrogen) atoms. The number of ether oxygens (including phenoxy) is 2. The first-order valence-corrected chi connectivity index (χ1v) is 11.2. The molecule has 3 aromatic rings. The van der Waals surface area contributed by atoms with Gasteiger partial charge in [0.1, 0.15) is 12.4 Å². The number of rotatable bonds is 10. The minimum Gasteiger partial charge on any atom is -0.490 e. The molecule has 0 atom stereocenters. The van der Waals surface area contributed by atoms with Crippen LogP contribution in [-0.2, 0) is 17.9 Å². The largest absolute Gasteiger partial charge is 0.490 e. The molecular formula is C26H28ClFN2O3. The van der Waals surface area contributed by atoms with Crippen molar-refractivity contribution in [3.8, 4) is 11.5 Å². The SMILES string of the molecule is CCOc1cc(CNc2ccc(NC(=O)C(C)C)cc2)c(Cl)cc1OCc1ccccc1F. The first-order valence-electron chi connectivity index (χ1n) is 10.8. The van der Waals surface area contributed by atoms with E-state index >= 15 is 0 Å². The van der Waals surface area contributed by atoms with Gasteiger partial charge in [0.2, 0.25) is 5.91 Å². The lowest BCUT2D eigenvalue weighted by molar-refractivity contribution is -0.118. The lowest BCUT2D eigenvalue weighted by Gasteiger charge is -2.16. The number of halogens is 2. The van der Waals surface area contributed by atoms with Gasteiger partial charge in [-0.15, -0.1) is 0 Å². The fourth-order valence-electron chi connectivity index (χ4n) is 3.02. The van der Waals surface area contributed by atoms with Crippen LogP contribution in [0.25, 0.3) is 0 Å². The highest BCUT2D eigenvalue weighted by Crippen LogP contribution is 2.35. The standard InChI is InChI=1S/C26H28ClFN2O3/c1-4-32-24-13-19(15-29-20-9-11-21(12-10-20)30-26(31)17(2)3)22(27)14-25(24)33-16-18-7-5-6-8-23(18)28/h5-14,17,29H,4,15-16H2,1-3H3,(H,30,31). The van der Waals surface area contributed by atoms with Crippen molar-refractivity contribution in [1.82, 2.24) is 0 Å². The minimum absolute atomic E-state index is 0.0248. The van der Waals surface area contributed by atoms with E-state index in [1.54, 1.807) is 24.3 Å². The lowest BCUT2D eigenvalue weighted by atomic mass is 10.1. The van der Waals surface area contributed by atoms with Gasteiger partial charge < -0.3 is 20.1 Å². The molecule has 0 saturated heterocycles. The maximum absolute atomic E-state index is 13.9. The topological polar surface area (TPSA) is 59.6 Å². The zero-order valence-corrected chi connectivity index (χ0v) is 19.7. The lowest BCUT2D eigenvalue weighted by Crippen LogP contribution is -2.17. The zero-order valence-electron chi connectivity index (χ0n) is 19.0. The van der Waals surface area contributed by atoms with Gasteiger partial charge in [0.15, 0.2) is 11.5 Å². The van der Waals surface area contributed by atoms with Crippen molar-refractivity contribution in [3.63, 3.8) is 0 Å². The molecule has 3 rings (SSSR count). The van der Waals surface area contributed by atoms with E-state index < -0.39 is 0 Å². The summed E-state index contributed by atoms with van der Waals surface area (Å²) < 4.78 is 25.4. The number of hydrogen-bond acceptors (Lipinski definition) is 4. The van der Waals surface area contributed by atoms with Crippen molar-refractivity contribution >= 4 is 28.9 Å². The maximum Gasteiger partial charge on any atom is 0.226 e. The van der Waals surface area contributed by atoms with Crippen molar-refractivity contribution in [2.24, 2.45) is 5.92 Å². The first kappa shape index (κ1) is 24.4. The summed E-state index contributed by atoms with van der Waals surface area (Å²) in [5.41, 5.74) is 2.91. The molecule has 0 saturated carbocycles. The molecule has 0 heterocycles. The Hall–Kier alpha value is -3.25. The third-order valence-electron chi connectivity index (χ3n) is 4.91. The van der Waals surface area contributed by atoms with Crippen LogP contribution in [0.5, 0.6) is 11.5 Å². The van der Waals surface area contributed by atoms with Crippen molar-refractivity contribution < 1.29 is 18.7 Å². The van der Waals surface area contributed by atoms with Crippen molar-refractivity contribution in [2.75, 3.05) is 17.2 Å². The summed E-state index contributed by atoms with van der Waals surface area (Å²) in [4.78, 5) is 11.8. The molecule has 2 N–H and O–H groups in total. The van der Waals surface area contributed by atoms with Crippen molar-refractivity contribution in [1.29, 1.82) is 0 Å². The van der Waals surface area contributed by atoms with Crippen LogP contribution in [0.1, 0.15) is 31.9 Å². The van der Waals surface area contributed by atoms with Crippen LogP contribution in [0.15, 0.2) is 60.7 Å². The molecule has 0 bridgehead atoms. The molecule has 0 unspecified atom stereocenters. The molecular weight excluding hydrogens is 443 g/mol. The van der Waals surface area contributed by atoms with E-state index in [-0.39, 0.29) is 24.2 Å². The van der Waals surface area contributed by atoms with Crippen LogP contribution in [0.3, 0.4) is 0 Å². The Morgan fingerprint density at radius 3 is 2.30 bits per heavy atom. The number of benzene rings is 3. The highest BCUT2D eigenvalue weighted by Gasteiger charge is 2.13. The van der Waals surface area contributed by atoms with Gasteiger partial charge in [0.25, 0.3) is 0 Å². The quantitative estimate of drug-likeness (QED) is 0.347. The third-order valence-corrected chi connectivity index (χ3v) is 5.27. The van der Waals surface area contributed by atoms with Gasteiger partial charge in [-0.25, -0.2) is 4.39 Å². The molecule has 1 amide bonds. The Kier molecular flexibility index (Phi) is 8.55. The van der Waals surface area contributed by atoms with Crippen LogP contribution in [0, 0.1) is 11.7 Å². The molecule has 0 spiro atoms. The summed E-state index contributed by atoms with van der Waals surface area (Å²) in [5.74, 6) is 0.574. The second kappa shape index (κ2) is 11.6. The normalized spacial score (nSPS) is 10.7. The smallest absolute Gasteiger partial charge is 0.226 e. The molecule has 0 radical (unpaired) electrons. The summed E-state index contributed by atoms with van der Waals surface area (Å²) in [6.45, 7) is 6.56. The molecule has 0 aromatic heterocycles. The van der Waals surface area contributed by atoms with Gasteiger partial charge in [-0.2, -0.15) is 0 Å². The van der Waals surface area contributed by atoms with Gasteiger partial charge in [-0.1, -0.05) is 43.6 Å². The predicted molar refractivity (Wildman–Crippen MR) is 131 cm³/mol. The van der Waals surface area contributed by atoms with E-state index in [4.69, 9.17) is 21.1 Å². The van der Waals surface area contributed by atoms with Crippen LogP contribution >= 0.6 is 11.6 Å². The molecule has 0 aliphatic carbocycles. The van der Waals surface area contributed by atoms with E-state index in [0.717, 1.165) is 16.9 Å². The van der Waals surface area contributed by atoms with Crippen LogP contribution < -0.4 is 20.1 Å². The number of amides is 1. The van der Waals surface area contributed by atoms with E-state index in [9.17, 15) is 9.18 Å². The summed E-state index contributed by atoms with van der Waals surface area (Å²) in [6, 6.07) is 17.4. The van der Waals surface area contributed by atoms with Crippen molar-refractivity contribution in [2.45, 2.75) is 33.9 Å². The third kappa shape index (κ3) is 6.86. The highest BCUT2D eigenvalue weighted by atomic mass is 35.5. The second-order valence-corrected chi connectivity index (χ2v) is 8.19. The van der Waals surface area contributed by atoms with Crippen LogP contribution in [0.4, 0.5) is 15.8 Å². The highest BCUT2D eigenvalue weighted by molar-refractivity contribution is 6.31. The Morgan fingerprint density at radius 2 is 1.64 bits per heavy atom. The van der Waals surface area contributed by atoms with Gasteiger partial charge in [0.05, 0.1) is 6.61 Å². The van der Waals surface area contributed by atoms with Gasteiger partial charge in [0, 0.05) is 40.5 Å². The van der Waals surface area contributed by atoms with E-state index in [1.165, 1.54) is 6.07 Å². The van der Waals surface area contributed by atoms with Gasteiger partial charge in [-0.05, 0) is 48.9 Å². The van der Waals surface area contributed by atoms with E-state index in [1.807, 2.05) is 51.1 Å². The zero-order chi connectivity index (χ0) is 23.8. The van der Waals surface area contributed by atoms with Gasteiger partial charge in [-0.3, -0.25) is 4.79 Å². The number of carbonyl (C=O) groups excluding carboxylic acids is 1. The van der Waals surface area contributed by atoms with Crippen LogP contribution in [0.2, 0.25) is 5.02 Å². The Morgan fingerprint density at radius 1 is 0.970 bits per heavy atom. The number of carbonyl (C=O) groups is 1. The molecule has 3 aromatic carbocycles. The number of nitrogens with one attached hydrogen (secondary N) is 2. The number of hydrogen-bond donors (Lipinski definition) is 2. The predicted octanol–water partition coefficient (Wildman–Crippen LogP) is 6.66. The molecule has 5 nitrogen and oxygen atoms in total. The fourth-order valence-corrected chi connectivity index (χ4v) is 3.24. The molecule has 0 fully saturated rings. The molecule has 0 aliphatic heterocycles. The average Bonchev–Trinajstić information content (AvgIpc) is 2.80. The van der Waals surface area contributed by atoms with Crippen molar-refractivity contribution in [3.05, 3.63) is 82.6 Å². The minimum atomic E-state index is -0.322. The Bertz CT molecular complexity index is 1090. The summed E-state index contributed by atoms with van der Waals surface area (Å²) in [5, 5.41) is 6.69. The van der Waals surface area contributed by atoms with Crippen LogP contribution in [-0.4, -0.2) is 12.5 Å². The summed E-state index contributed by atoms with van der Waals surface area (Å²) in [6.07, 6.45) is 0.